The number of hydrogen-bond acceptors (Lipinski definition) is 3. The fourth-order valence-corrected chi connectivity index (χ4v) is 3.59. The molecule has 0 atom stereocenters. The molecule has 0 radical (unpaired) electrons. The maximum absolute atomic E-state index is 11.3. The second-order valence-corrected chi connectivity index (χ2v) is 6.59. The van der Waals surface area contributed by atoms with Gasteiger partial charge in [0.15, 0.2) is 0 Å². The van der Waals surface area contributed by atoms with Crippen molar-refractivity contribution in [3.05, 3.63) is 29.6 Å². The van der Waals surface area contributed by atoms with Gasteiger partial charge in [-0.3, -0.25) is 0 Å². The highest BCUT2D eigenvalue weighted by Gasteiger charge is 2.27. The van der Waals surface area contributed by atoms with Crippen LogP contribution in [0.1, 0.15) is 42.9 Å². The lowest BCUT2D eigenvalue weighted by molar-refractivity contribution is 0.0699. The van der Waals surface area contributed by atoms with E-state index < -0.39 is 5.97 Å². The summed E-state index contributed by atoms with van der Waals surface area (Å²) in [6.07, 6.45) is 4.29. The molecule has 0 amide bonds. The zero-order chi connectivity index (χ0) is 15.6. The molecule has 0 bridgehead atoms. The van der Waals surface area contributed by atoms with E-state index in [1.807, 2.05) is 24.8 Å². The van der Waals surface area contributed by atoms with Crippen LogP contribution in [0.15, 0.2) is 18.2 Å². The van der Waals surface area contributed by atoms with E-state index in [0.717, 1.165) is 30.7 Å². The minimum atomic E-state index is -0.924. The van der Waals surface area contributed by atoms with Gasteiger partial charge in [-0.05, 0) is 38.2 Å². The second-order valence-electron chi connectivity index (χ2n) is 5.32. The van der Waals surface area contributed by atoms with Crippen molar-refractivity contribution in [2.24, 2.45) is 0 Å². The van der Waals surface area contributed by atoms with Crippen LogP contribution in [0.5, 0.6) is 0 Å². The number of aromatic nitrogens is 2. The molecule has 0 unspecified atom stereocenters. The van der Waals surface area contributed by atoms with Gasteiger partial charge >= 0.3 is 5.97 Å². The first kappa shape index (κ1) is 15.9. The average Bonchev–Trinajstić information content (AvgIpc) is 2.80. The monoisotopic (exact) mass is 306 g/mol. The van der Waals surface area contributed by atoms with Crippen molar-refractivity contribution in [1.82, 2.24) is 9.55 Å². The maximum Gasteiger partial charge on any atom is 0.337 e. The highest BCUT2D eigenvalue weighted by Crippen LogP contribution is 2.34. The molecular formula is C16H22N2O2S. The summed E-state index contributed by atoms with van der Waals surface area (Å²) in [6.45, 7) is 7.21. The largest absolute Gasteiger partial charge is 0.478 e. The van der Waals surface area contributed by atoms with Gasteiger partial charge in [0, 0.05) is 11.3 Å². The van der Waals surface area contributed by atoms with E-state index in [0.29, 0.717) is 5.52 Å². The van der Waals surface area contributed by atoms with Gasteiger partial charge in [0.1, 0.15) is 11.3 Å². The molecule has 0 spiro atoms. The van der Waals surface area contributed by atoms with Crippen LogP contribution in [0.25, 0.3) is 11.0 Å². The van der Waals surface area contributed by atoms with Crippen molar-refractivity contribution in [3.8, 4) is 0 Å². The van der Waals surface area contributed by atoms with Gasteiger partial charge in [-0.25, -0.2) is 9.78 Å². The van der Waals surface area contributed by atoms with Crippen molar-refractivity contribution >= 4 is 28.8 Å². The fraction of sp³-hybridized carbons (Fsp3) is 0.500. The van der Waals surface area contributed by atoms with Crippen LogP contribution in [0.2, 0.25) is 0 Å². The predicted octanol–water partition coefficient (Wildman–Crippen LogP) is 3.96. The number of imidazole rings is 1. The van der Waals surface area contributed by atoms with Crippen LogP contribution < -0.4 is 0 Å². The standard InChI is InChI=1S/C16H22N2O2S/c1-5-16(6-2,21-4)10-18-11(3)17-14-12(15(19)20)8-7-9-13(14)18/h7-9H,5-6,10H2,1-4H3,(H,19,20). The summed E-state index contributed by atoms with van der Waals surface area (Å²) < 4.78 is 2.32. The van der Waals surface area contributed by atoms with E-state index >= 15 is 0 Å². The van der Waals surface area contributed by atoms with Crippen LogP contribution in [0.3, 0.4) is 0 Å². The zero-order valence-electron chi connectivity index (χ0n) is 13.0. The Bertz CT molecular complexity index is 651. The summed E-state index contributed by atoms with van der Waals surface area (Å²) in [5.74, 6) is -0.0496. The molecule has 0 aliphatic heterocycles. The van der Waals surface area contributed by atoms with E-state index in [1.165, 1.54) is 0 Å². The number of rotatable bonds is 6. The summed E-state index contributed by atoms with van der Waals surface area (Å²) in [6, 6.07) is 5.36. The molecule has 4 nitrogen and oxygen atoms in total. The van der Waals surface area contributed by atoms with Crippen LogP contribution in [0.4, 0.5) is 0 Å². The lowest BCUT2D eigenvalue weighted by Gasteiger charge is -2.30. The lowest BCUT2D eigenvalue weighted by atomic mass is 10.0. The molecule has 1 aromatic carbocycles. The lowest BCUT2D eigenvalue weighted by Crippen LogP contribution is -2.29. The molecule has 5 heteroatoms. The topological polar surface area (TPSA) is 55.1 Å². The first-order valence-electron chi connectivity index (χ1n) is 7.22. The molecule has 0 saturated carbocycles. The molecule has 0 fully saturated rings. The summed E-state index contributed by atoms with van der Waals surface area (Å²) in [5.41, 5.74) is 1.77. The first-order valence-corrected chi connectivity index (χ1v) is 8.44. The Morgan fingerprint density at radius 1 is 1.38 bits per heavy atom. The van der Waals surface area contributed by atoms with Crippen molar-refractivity contribution in [2.75, 3.05) is 6.26 Å². The molecule has 0 aliphatic carbocycles. The van der Waals surface area contributed by atoms with Crippen molar-refractivity contribution < 1.29 is 9.90 Å². The Kier molecular flexibility index (Phi) is 4.61. The molecule has 1 aromatic heterocycles. The van der Waals surface area contributed by atoms with E-state index in [1.54, 1.807) is 12.1 Å². The summed E-state index contributed by atoms with van der Waals surface area (Å²) in [4.78, 5) is 15.8. The number of para-hydroxylation sites is 1. The van der Waals surface area contributed by atoms with Crippen molar-refractivity contribution in [2.45, 2.75) is 44.9 Å². The Balaban J connectivity index is 2.57. The van der Waals surface area contributed by atoms with Gasteiger partial charge in [0.2, 0.25) is 0 Å². The number of fused-ring (bicyclic) bond motifs is 1. The third kappa shape index (κ3) is 2.79. The molecule has 114 valence electrons. The number of aromatic carboxylic acids is 1. The van der Waals surface area contributed by atoms with Gasteiger partial charge < -0.3 is 9.67 Å². The smallest absolute Gasteiger partial charge is 0.337 e. The molecule has 2 rings (SSSR count). The number of carboxylic acid groups (broad SMARTS) is 1. The minimum absolute atomic E-state index is 0.164. The van der Waals surface area contributed by atoms with Crippen LogP contribution in [-0.4, -0.2) is 31.6 Å². The summed E-state index contributed by atoms with van der Waals surface area (Å²) >= 11 is 1.88. The molecule has 0 aliphatic rings. The van der Waals surface area contributed by atoms with Crippen LogP contribution in [0, 0.1) is 6.92 Å². The third-order valence-electron chi connectivity index (χ3n) is 4.37. The van der Waals surface area contributed by atoms with E-state index in [9.17, 15) is 9.90 Å². The van der Waals surface area contributed by atoms with Gasteiger partial charge in [-0.1, -0.05) is 19.9 Å². The van der Waals surface area contributed by atoms with Crippen LogP contribution in [-0.2, 0) is 6.54 Å². The van der Waals surface area contributed by atoms with Gasteiger partial charge in [-0.15, -0.1) is 0 Å². The average molecular weight is 306 g/mol. The Morgan fingerprint density at radius 2 is 2.05 bits per heavy atom. The van der Waals surface area contributed by atoms with Crippen LogP contribution >= 0.6 is 11.8 Å². The number of aryl methyl sites for hydroxylation is 1. The highest BCUT2D eigenvalue weighted by molar-refractivity contribution is 8.00. The molecular weight excluding hydrogens is 284 g/mol. The van der Waals surface area contributed by atoms with Gasteiger partial charge in [-0.2, -0.15) is 11.8 Å². The number of thioether (sulfide) groups is 1. The first-order chi connectivity index (χ1) is 9.98. The Hall–Kier alpha value is -1.49. The Morgan fingerprint density at radius 3 is 2.57 bits per heavy atom. The normalized spacial score (nSPS) is 12.0. The van der Waals surface area contributed by atoms with E-state index in [4.69, 9.17) is 0 Å². The SMILES string of the molecule is CCC(CC)(Cn1c(C)nc2c(C(=O)O)cccc21)SC. The maximum atomic E-state index is 11.3. The fourth-order valence-electron chi connectivity index (χ4n) is 2.75. The van der Waals surface area contributed by atoms with E-state index in [2.05, 4.69) is 29.7 Å². The summed E-state index contributed by atoms with van der Waals surface area (Å²) in [5, 5.41) is 9.30. The number of hydrogen-bond donors (Lipinski definition) is 1. The minimum Gasteiger partial charge on any atom is -0.478 e. The molecule has 2 aromatic rings. The summed E-state index contributed by atoms with van der Waals surface area (Å²) in [7, 11) is 0. The number of nitrogens with zero attached hydrogens (tertiary/aromatic N) is 2. The van der Waals surface area contributed by atoms with Gasteiger partial charge in [0.05, 0.1) is 11.1 Å². The van der Waals surface area contributed by atoms with Crippen molar-refractivity contribution in [3.63, 3.8) is 0 Å². The molecule has 21 heavy (non-hydrogen) atoms. The second kappa shape index (κ2) is 6.10. The third-order valence-corrected chi connectivity index (χ3v) is 5.94. The molecule has 1 heterocycles. The number of carboxylic acids is 1. The number of carbonyl (C=O) groups is 1. The molecule has 1 N–H and O–H groups in total. The van der Waals surface area contributed by atoms with Crippen molar-refractivity contribution in [1.29, 1.82) is 0 Å². The molecule has 0 saturated heterocycles. The highest BCUT2D eigenvalue weighted by atomic mass is 32.2. The quantitative estimate of drug-likeness (QED) is 0.877. The Labute approximate surface area is 129 Å². The van der Waals surface area contributed by atoms with Gasteiger partial charge in [0.25, 0.3) is 0 Å². The predicted molar refractivity (Wildman–Crippen MR) is 88.3 cm³/mol. The van der Waals surface area contributed by atoms with E-state index in [-0.39, 0.29) is 10.3 Å². The number of benzene rings is 1. The zero-order valence-corrected chi connectivity index (χ0v) is 13.8.